The summed E-state index contributed by atoms with van der Waals surface area (Å²) in [6, 6.07) is 2.57. The summed E-state index contributed by atoms with van der Waals surface area (Å²) in [5.41, 5.74) is 0.653. The second-order valence-electron chi connectivity index (χ2n) is 6.28. The number of aromatic nitrogens is 1. The fraction of sp³-hybridized carbons (Fsp3) is 0.688. The molecule has 0 aliphatic carbocycles. The molecule has 2 atom stereocenters. The van der Waals surface area contributed by atoms with Crippen molar-refractivity contribution in [1.82, 2.24) is 14.4 Å². The van der Waals surface area contributed by atoms with Crippen LogP contribution in [0.3, 0.4) is 0 Å². The lowest BCUT2D eigenvalue weighted by Crippen LogP contribution is -2.62. The zero-order chi connectivity index (χ0) is 15.7. The Balaban J connectivity index is 1.69. The van der Waals surface area contributed by atoms with E-state index in [2.05, 4.69) is 11.8 Å². The lowest BCUT2D eigenvalue weighted by atomic mass is 10.0. The van der Waals surface area contributed by atoms with E-state index in [1.807, 2.05) is 11.9 Å². The summed E-state index contributed by atoms with van der Waals surface area (Å²) in [5, 5.41) is 0.605. The molecule has 0 aromatic carbocycles. The summed E-state index contributed by atoms with van der Waals surface area (Å²) >= 11 is 5.99. The van der Waals surface area contributed by atoms with Crippen molar-refractivity contribution in [2.75, 3.05) is 32.8 Å². The van der Waals surface area contributed by atoms with Crippen LogP contribution in [0.25, 0.3) is 0 Å². The number of piperazine rings is 1. The van der Waals surface area contributed by atoms with E-state index in [1.165, 1.54) is 6.42 Å². The van der Waals surface area contributed by atoms with E-state index in [9.17, 15) is 4.79 Å². The van der Waals surface area contributed by atoms with Crippen LogP contribution in [0.2, 0.25) is 5.02 Å². The number of rotatable bonds is 3. The summed E-state index contributed by atoms with van der Waals surface area (Å²) in [7, 11) is 1.86. The number of aryl methyl sites for hydroxylation is 1. The van der Waals surface area contributed by atoms with Gasteiger partial charge in [0, 0.05) is 38.9 Å². The van der Waals surface area contributed by atoms with Gasteiger partial charge in [-0.05, 0) is 12.5 Å². The van der Waals surface area contributed by atoms with E-state index in [0.29, 0.717) is 22.8 Å². The summed E-state index contributed by atoms with van der Waals surface area (Å²) in [6.07, 6.45) is 4.10. The van der Waals surface area contributed by atoms with Crippen LogP contribution in [-0.4, -0.2) is 65.2 Å². The molecule has 2 aliphatic heterocycles. The van der Waals surface area contributed by atoms with Gasteiger partial charge in [-0.2, -0.15) is 0 Å². The molecule has 22 heavy (non-hydrogen) atoms. The van der Waals surface area contributed by atoms with Crippen LogP contribution in [0.1, 0.15) is 30.3 Å². The van der Waals surface area contributed by atoms with Gasteiger partial charge in [-0.1, -0.05) is 24.9 Å². The highest BCUT2D eigenvalue weighted by atomic mass is 35.5. The Morgan fingerprint density at radius 2 is 2.23 bits per heavy atom. The first-order valence-corrected chi connectivity index (χ1v) is 8.42. The molecular weight excluding hydrogens is 302 g/mol. The van der Waals surface area contributed by atoms with E-state index in [4.69, 9.17) is 16.3 Å². The van der Waals surface area contributed by atoms with Gasteiger partial charge >= 0.3 is 0 Å². The van der Waals surface area contributed by atoms with Crippen LogP contribution < -0.4 is 0 Å². The van der Waals surface area contributed by atoms with Crippen molar-refractivity contribution >= 4 is 17.5 Å². The number of carbonyl (C=O) groups is 1. The van der Waals surface area contributed by atoms with Crippen molar-refractivity contribution in [1.29, 1.82) is 0 Å². The van der Waals surface area contributed by atoms with Gasteiger partial charge in [0.1, 0.15) is 5.69 Å². The Morgan fingerprint density at radius 1 is 1.41 bits per heavy atom. The monoisotopic (exact) mass is 325 g/mol. The first-order chi connectivity index (χ1) is 10.6. The number of carbonyl (C=O) groups excluding carboxylic acids is 1. The van der Waals surface area contributed by atoms with E-state index >= 15 is 0 Å². The molecule has 2 saturated heterocycles. The van der Waals surface area contributed by atoms with Crippen molar-refractivity contribution in [2.45, 2.75) is 31.8 Å². The molecule has 0 N–H and O–H groups in total. The Morgan fingerprint density at radius 3 is 2.91 bits per heavy atom. The molecule has 0 spiro atoms. The van der Waals surface area contributed by atoms with Gasteiger partial charge in [0.25, 0.3) is 5.91 Å². The molecule has 3 heterocycles. The maximum Gasteiger partial charge on any atom is 0.270 e. The number of nitrogens with zero attached hydrogens (tertiary/aromatic N) is 3. The van der Waals surface area contributed by atoms with Crippen LogP contribution in [-0.2, 0) is 11.8 Å². The minimum Gasteiger partial charge on any atom is -0.378 e. The third-order valence-electron chi connectivity index (χ3n) is 4.72. The van der Waals surface area contributed by atoms with Gasteiger partial charge in [-0.25, -0.2) is 0 Å². The number of morpholine rings is 1. The normalized spacial score (nSPS) is 26.0. The molecule has 0 saturated carbocycles. The molecule has 1 aromatic rings. The van der Waals surface area contributed by atoms with E-state index in [-0.39, 0.29) is 5.91 Å². The summed E-state index contributed by atoms with van der Waals surface area (Å²) in [6.45, 7) is 6.20. The highest BCUT2D eigenvalue weighted by Gasteiger charge is 2.37. The summed E-state index contributed by atoms with van der Waals surface area (Å²) < 4.78 is 7.56. The van der Waals surface area contributed by atoms with Gasteiger partial charge in [0.15, 0.2) is 0 Å². The minimum atomic E-state index is 0.0617. The molecule has 122 valence electrons. The van der Waals surface area contributed by atoms with E-state index in [0.717, 1.165) is 39.3 Å². The topological polar surface area (TPSA) is 37.7 Å². The van der Waals surface area contributed by atoms with Crippen LogP contribution in [0.15, 0.2) is 12.3 Å². The van der Waals surface area contributed by atoms with E-state index < -0.39 is 0 Å². The Bertz CT molecular complexity index is 543. The quantitative estimate of drug-likeness (QED) is 0.853. The fourth-order valence-electron chi connectivity index (χ4n) is 3.60. The molecular formula is C16H24ClN3O2. The third kappa shape index (κ3) is 3.03. The van der Waals surface area contributed by atoms with Gasteiger partial charge in [0.2, 0.25) is 0 Å². The SMILES string of the molecule is CCC[C@H]1COC[C@H]2CN(C(=O)c3cc(Cl)cn3C)CCN12. The molecule has 3 rings (SSSR count). The zero-order valence-corrected chi connectivity index (χ0v) is 14.1. The van der Waals surface area contributed by atoms with Crippen molar-refractivity contribution in [2.24, 2.45) is 7.05 Å². The zero-order valence-electron chi connectivity index (χ0n) is 13.3. The molecule has 1 amide bonds. The molecule has 2 fully saturated rings. The predicted molar refractivity (Wildman–Crippen MR) is 86.3 cm³/mol. The number of hydrogen-bond donors (Lipinski definition) is 0. The highest BCUT2D eigenvalue weighted by molar-refractivity contribution is 6.31. The van der Waals surface area contributed by atoms with Gasteiger partial charge in [0.05, 0.1) is 24.3 Å². The first-order valence-electron chi connectivity index (χ1n) is 8.04. The molecule has 0 unspecified atom stereocenters. The van der Waals surface area contributed by atoms with Gasteiger partial charge in [-0.15, -0.1) is 0 Å². The highest BCUT2D eigenvalue weighted by Crippen LogP contribution is 2.23. The average molecular weight is 326 g/mol. The molecule has 0 radical (unpaired) electrons. The van der Waals surface area contributed by atoms with Gasteiger partial charge in [-0.3, -0.25) is 9.69 Å². The number of hydrogen-bond acceptors (Lipinski definition) is 3. The Hall–Kier alpha value is -1.04. The second-order valence-corrected chi connectivity index (χ2v) is 6.71. The van der Waals surface area contributed by atoms with Crippen molar-refractivity contribution in [3.05, 3.63) is 23.0 Å². The second kappa shape index (κ2) is 6.60. The lowest BCUT2D eigenvalue weighted by Gasteiger charge is -2.48. The molecule has 6 heteroatoms. The third-order valence-corrected chi connectivity index (χ3v) is 4.92. The maximum atomic E-state index is 12.7. The fourth-order valence-corrected chi connectivity index (χ4v) is 3.85. The maximum absolute atomic E-state index is 12.7. The Kier molecular flexibility index (Phi) is 4.76. The first kappa shape index (κ1) is 15.8. The van der Waals surface area contributed by atoms with Crippen molar-refractivity contribution in [3.63, 3.8) is 0 Å². The van der Waals surface area contributed by atoms with Crippen LogP contribution >= 0.6 is 11.6 Å². The number of amides is 1. The summed E-state index contributed by atoms with van der Waals surface area (Å²) in [5.74, 6) is 0.0617. The van der Waals surface area contributed by atoms with Crippen LogP contribution in [0.4, 0.5) is 0 Å². The number of halogens is 1. The number of fused-ring (bicyclic) bond motifs is 1. The largest absolute Gasteiger partial charge is 0.378 e. The van der Waals surface area contributed by atoms with Crippen molar-refractivity contribution in [3.8, 4) is 0 Å². The average Bonchev–Trinajstić information content (AvgIpc) is 2.85. The molecule has 5 nitrogen and oxygen atoms in total. The van der Waals surface area contributed by atoms with Crippen LogP contribution in [0.5, 0.6) is 0 Å². The molecule has 1 aromatic heterocycles. The minimum absolute atomic E-state index is 0.0617. The molecule has 2 aliphatic rings. The van der Waals surface area contributed by atoms with Gasteiger partial charge < -0.3 is 14.2 Å². The summed E-state index contributed by atoms with van der Waals surface area (Å²) in [4.78, 5) is 17.2. The molecule has 0 bridgehead atoms. The Labute approximate surface area is 136 Å². The van der Waals surface area contributed by atoms with Crippen LogP contribution in [0, 0.1) is 0 Å². The standard InChI is InChI=1S/C16H24ClN3O2/c1-3-4-13-10-22-11-14-9-19(5-6-20(13)14)16(21)15-7-12(17)8-18(15)2/h7-8,13-14H,3-6,9-11H2,1-2H3/t13-,14+/m0/s1. The van der Waals surface area contributed by atoms with Crippen molar-refractivity contribution < 1.29 is 9.53 Å². The van der Waals surface area contributed by atoms with E-state index in [1.54, 1.807) is 16.8 Å². The smallest absolute Gasteiger partial charge is 0.270 e. The lowest BCUT2D eigenvalue weighted by molar-refractivity contribution is -0.0777. The number of ether oxygens (including phenoxy) is 1. The predicted octanol–water partition coefficient (Wildman–Crippen LogP) is 2.00.